The predicted molar refractivity (Wildman–Crippen MR) is 82.5 cm³/mol. The molecule has 0 spiro atoms. The number of unbranched alkanes of at least 4 members (excludes halogenated alkanes) is 1. The Kier molecular flexibility index (Phi) is 7.63. The van der Waals surface area contributed by atoms with Crippen molar-refractivity contribution in [1.82, 2.24) is 4.90 Å². The van der Waals surface area contributed by atoms with E-state index in [4.69, 9.17) is 5.11 Å². The molecule has 0 radical (unpaired) electrons. The number of hydrogen-bond donors (Lipinski definition) is 1. The van der Waals surface area contributed by atoms with Crippen LogP contribution >= 0.6 is 43.2 Å². The molecule has 102 valence electrons. The maximum atomic E-state index is 12.2. The molecule has 0 aliphatic carbocycles. The van der Waals surface area contributed by atoms with Gasteiger partial charge >= 0.3 is 0 Å². The normalized spacial score (nSPS) is 11.2. The van der Waals surface area contributed by atoms with Gasteiger partial charge in [0, 0.05) is 12.1 Å². The third-order valence-electron chi connectivity index (χ3n) is 2.57. The number of aliphatic hydroxyl groups excluding tert-OH is 1. The van der Waals surface area contributed by atoms with Crippen molar-refractivity contribution in [2.45, 2.75) is 19.8 Å². The SMILES string of the molecule is CCCCN(CCO)CC(=O)c1cc(Br)sc1Br. The minimum atomic E-state index is 0.0888. The van der Waals surface area contributed by atoms with E-state index in [1.54, 1.807) is 0 Å². The largest absolute Gasteiger partial charge is 0.395 e. The van der Waals surface area contributed by atoms with Crippen LogP contribution in [0.2, 0.25) is 0 Å². The van der Waals surface area contributed by atoms with Crippen LogP contribution < -0.4 is 0 Å². The number of halogens is 2. The van der Waals surface area contributed by atoms with Crippen LogP contribution in [0.4, 0.5) is 0 Å². The summed E-state index contributed by atoms with van der Waals surface area (Å²) in [7, 11) is 0. The number of aliphatic hydroxyl groups is 1. The number of thiophene rings is 1. The Balaban J connectivity index is 2.62. The first-order chi connectivity index (χ1) is 8.58. The second-order valence-electron chi connectivity index (χ2n) is 4.01. The quantitative estimate of drug-likeness (QED) is 0.680. The molecule has 3 nitrogen and oxygen atoms in total. The third kappa shape index (κ3) is 5.09. The molecule has 0 unspecified atom stereocenters. The lowest BCUT2D eigenvalue weighted by Gasteiger charge is -2.19. The van der Waals surface area contributed by atoms with Gasteiger partial charge in [-0.15, -0.1) is 11.3 Å². The van der Waals surface area contributed by atoms with Crippen molar-refractivity contribution < 1.29 is 9.90 Å². The van der Waals surface area contributed by atoms with Gasteiger partial charge in [0.15, 0.2) is 5.78 Å². The molecule has 1 N–H and O–H groups in total. The molecule has 0 bridgehead atoms. The van der Waals surface area contributed by atoms with Gasteiger partial charge in [-0.3, -0.25) is 9.69 Å². The van der Waals surface area contributed by atoms with Gasteiger partial charge in [0.1, 0.15) is 0 Å². The second kappa shape index (κ2) is 8.43. The lowest BCUT2D eigenvalue weighted by molar-refractivity contribution is 0.0913. The summed E-state index contributed by atoms with van der Waals surface area (Å²) >= 11 is 8.27. The zero-order valence-corrected chi connectivity index (χ0v) is 14.3. The number of rotatable bonds is 8. The van der Waals surface area contributed by atoms with E-state index in [9.17, 15) is 4.79 Å². The van der Waals surface area contributed by atoms with E-state index >= 15 is 0 Å². The molecule has 0 saturated heterocycles. The highest BCUT2D eigenvalue weighted by Gasteiger charge is 2.16. The Bertz CT molecular complexity index is 395. The van der Waals surface area contributed by atoms with E-state index in [-0.39, 0.29) is 12.4 Å². The van der Waals surface area contributed by atoms with Crippen molar-refractivity contribution in [3.05, 3.63) is 19.2 Å². The summed E-state index contributed by atoms with van der Waals surface area (Å²) in [4.78, 5) is 14.2. The highest BCUT2D eigenvalue weighted by molar-refractivity contribution is 9.12. The van der Waals surface area contributed by atoms with E-state index < -0.39 is 0 Å². The molecular weight excluding hydrogens is 382 g/mol. The Morgan fingerprint density at radius 2 is 2.17 bits per heavy atom. The molecule has 0 aliphatic heterocycles. The minimum Gasteiger partial charge on any atom is -0.395 e. The molecular formula is C12H17Br2NO2S. The van der Waals surface area contributed by atoms with Crippen LogP contribution in [-0.2, 0) is 0 Å². The Hall–Kier alpha value is 0.250. The molecule has 0 saturated carbocycles. The van der Waals surface area contributed by atoms with E-state index in [0.717, 1.165) is 27.0 Å². The Labute approximate surface area is 128 Å². The molecule has 18 heavy (non-hydrogen) atoms. The molecule has 1 aromatic heterocycles. The van der Waals surface area contributed by atoms with Crippen LogP contribution in [0.1, 0.15) is 30.1 Å². The fourth-order valence-electron chi connectivity index (χ4n) is 1.61. The van der Waals surface area contributed by atoms with Gasteiger partial charge in [-0.25, -0.2) is 0 Å². The fraction of sp³-hybridized carbons (Fsp3) is 0.583. The second-order valence-corrected chi connectivity index (χ2v) is 7.76. The Morgan fingerprint density at radius 1 is 1.44 bits per heavy atom. The van der Waals surface area contributed by atoms with E-state index in [1.807, 2.05) is 11.0 Å². The lowest BCUT2D eigenvalue weighted by atomic mass is 10.2. The molecule has 0 fully saturated rings. The van der Waals surface area contributed by atoms with E-state index in [2.05, 4.69) is 38.8 Å². The maximum absolute atomic E-state index is 12.2. The summed E-state index contributed by atoms with van der Waals surface area (Å²) in [6.45, 7) is 3.97. The molecule has 0 aliphatic rings. The van der Waals surface area contributed by atoms with Gasteiger partial charge < -0.3 is 5.11 Å². The summed E-state index contributed by atoms with van der Waals surface area (Å²) in [5.41, 5.74) is 0.714. The summed E-state index contributed by atoms with van der Waals surface area (Å²) in [6, 6.07) is 1.84. The first kappa shape index (κ1) is 16.3. The third-order valence-corrected chi connectivity index (χ3v) is 4.91. The van der Waals surface area contributed by atoms with Gasteiger partial charge in [0.25, 0.3) is 0 Å². The first-order valence-electron chi connectivity index (χ1n) is 5.89. The zero-order chi connectivity index (χ0) is 13.5. The number of carbonyl (C=O) groups excluding carboxylic acids is 1. The van der Waals surface area contributed by atoms with E-state index in [0.29, 0.717) is 18.7 Å². The standard InChI is InChI=1S/C12H17Br2NO2S/c1-2-3-4-15(5-6-16)8-10(17)9-7-11(13)18-12(9)14/h7,16H,2-6,8H2,1H3. The molecule has 6 heteroatoms. The number of ketones is 1. The fourth-order valence-corrected chi connectivity index (χ4v) is 4.47. The van der Waals surface area contributed by atoms with Crippen LogP contribution in [-0.4, -0.2) is 42.0 Å². The number of nitrogens with zero attached hydrogens (tertiary/aromatic N) is 1. The molecule has 1 heterocycles. The van der Waals surface area contributed by atoms with Crippen LogP contribution in [0, 0.1) is 0 Å². The summed E-state index contributed by atoms with van der Waals surface area (Å²) in [6.07, 6.45) is 2.13. The predicted octanol–water partition coefficient (Wildman–Crippen LogP) is 3.55. The van der Waals surface area contributed by atoms with Gasteiger partial charge in [-0.05, 0) is 50.9 Å². The van der Waals surface area contributed by atoms with Crippen LogP contribution in [0.5, 0.6) is 0 Å². The lowest BCUT2D eigenvalue weighted by Crippen LogP contribution is -2.33. The van der Waals surface area contributed by atoms with Gasteiger partial charge in [0.05, 0.1) is 20.7 Å². The number of hydrogen-bond acceptors (Lipinski definition) is 4. The summed E-state index contributed by atoms with van der Waals surface area (Å²) in [5, 5.41) is 9.01. The van der Waals surface area contributed by atoms with Gasteiger partial charge in [0.2, 0.25) is 0 Å². The smallest absolute Gasteiger partial charge is 0.178 e. The molecule has 0 atom stereocenters. The number of carbonyl (C=O) groups is 1. The zero-order valence-electron chi connectivity index (χ0n) is 10.3. The van der Waals surface area contributed by atoms with Crippen molar-refractivity contribution in [2.24, 2.45) is 0 Å². The number of Topliss-reactive ketones (excluding diaryl/α,β-unsaturated/α-hetero) is 1. The highest BCUT2D eigenvalue weighted by Crippen LogP contribution is 2.32. The average molecular weight is 399 g/mol. The van der Waals surface area contributed by atoms with Crippen molar-refractivity contribution in [2.75, 3.05) is 26.2 Å². The van der Waals surface area contributed by atoms with Crippen molar-refractivity contribution >= 4 is 49.0 Å². The summed E-state index contributed by atoms with van der Waals surface area (Å²) < 4.78 is 1.80. The van der Waals surface area contributed by atoms with Crippen molar-refractivity contribution in [3.8, 4) is 0 Å². The topological polar surface area (TPSA) is 40.5 Å². The maximum Gasteiger partial charge on any atom is 0.178 e. The van der Waals surface area contributed by atoms with Crippen molar-refractivity contribution in [3.63, 3.8) is 0 Å². The molecule has 0 amide bonds. The van der Waals surface area contributed by atoms with Crippen LogP contribution in [0.25, 0.3) is 0 Å². The van der Waals surface area contributed by atoms with E-state index in [1.165, 1.54) is 11.3 Å². The van der Waals surface area contributed by atoms with Crippen molar-refractivity contribution in [1.29, 1.82) is 0 Å². The highest BCUT2D eigenvalue weighted by atomic mass is 79.9. The van der Waals surface area contributed by atoms with Crippen LogP contribution in [0.3, 0.4) is 0 Å². The molecule has 1 rings (SSSR count). The van der Waals surface area contributed by atoms with Crippen LogP contribution in [0.15, 0.2) is 13.6 Å². The minimum absolute atomic E-state index is 0.0888. The monoisotopic (exact) mass is 397 g/mol. The average Bonchev–Trinajstić information content (AvgIpc) is 2.65. The molecule has 1 aromatic rings. The Morgan fingerprint density at radius 3 is 2.67 bits per heavy atom. The molecule has 0 aromatic carbocycles. The van der Waals surface area contributed by atoms with Gasteiger partial charge in [-0.2, -0.15) is 0 Å². The first-order valence-corrected chi connectivity index (χ1v) is 8.30. The summed E-state index contributed by atoms with van der Waals surface area (Å²) in [5.74, 6) is 0.0911. The van der Waals surface area contributed by atoms with Gasteiger partial charge in [-0.1, -0.05) is 13.3 Å².